The highest BCUT2D eigenvalue weighted by molar-refractivity contribution is 5.98. The highest BCUT2D eigenvalue weighted by Gasteiger charge is 2.14. The third kappa shape index (κ3) is 6.04. The van der Waals surface area contributed by atoms with Crippen LogP contribution >= 0.6 is 0 Å². The number of benzene rings is 2. The summed E-state index contributed by atoms with van der Waals surface area (Å²) in [6.07, 6.45) is 3.91. The molecule has 1 fully saturated rings. The molecule has 1 aliphatic heterocycles. The average molecular weight is 461 g/mol. The molecule has 2 heterocycles. The van der Waals surface area contributed by atoms with Crippen LogP contribution in [0.15, 0.2) is 48.5 Å². The smallest absolute Gasteiger partial charge is 0.224 e. The molecule has 0 aliphatic carbocycles. The number of rotatable bonds is 8. The Balaban J connectivity index is 1.32. The van der Waals surface area contributed by atoms with Crippen LogP contribution in [0, 0.1) is 6.92 Å². The van der Waals surface area contributed by atoms with Crippen LogP contribution in [0.25, 0.3) is 10.9 Å². The zero-order valence-electron chi connectivity index (χ0n) is 19.9. The van der Waals surface area contributed by atoms with Gasteiger partial charge in [-0.25, -0.2) is 4.98 Å². The Hall–Kier alpha value is -3.61. The Bertz CT molecular complexity index is 1150. The van der Waals surface area contributed by atoms with Gasteiger partial charge in [-0.2, -0.15) is 0 Å². The van der Waals surface area contributed by atoms with Gasteiger partial charge in [-0.05, 0) is 87.2 Å². The zero-order chi connectivity index (χ0) is 23.9. The van der Waals surface area contributed by atoms with Crippen LogP contribution in [0.5, 0.6) is 5.75 Å². The van der Waals surface area contributed by atoms with Gasteiger partial charge in [-0.3, -0.25) is 9.59 Å². The minimum absolute atomic E-state index is 0.103. The first kappa shape index (κ1) is 23.5. The van der Waals surface area contributed by atoms with Crippen LogP contribution in [0.2, 0.25) is 0 Å². The van der Waals surface area contributed by atoms with Gasteiger partial charge in [0, 0.05) is 42.7 Å². The number of piperidine rings is 1. The highest BCUT2D eigenvalue weighted by atomic mass is 16.5. The van der Waals surface area contributed by atoms with E-state index in [0.717, 1.165) is 41.1 Å². The summed E-state index contributed by atoms with van der Waals surface area (Å²) < 4.78 is 5.40. The van der Waals surface area contributed by atoms with E-state index in [2.05, 4.69) is 28.5 Å². The summed E-state index contributed by atoms with van der Waals surface area (Å²) in [6.45, 7) is 6.70. The van der Waals surface area contributed by atoms with Crippen molar-refractivity contribution < 1.29 is 14.3 Å². The number of carbonyl (C=O) groups is 2. The van der Waals surface area contributed by atoms with Gasteiger partial charge in [-0.15, -0.1) is 0 Å². The van der Waals surface area contributed by atoms with Crippen molar-refractivity contribution in [1.29, 1.82) is 0 Å². The fraction of sp³-hybridized carbons (Fsp3) is 0.370. The van der Waals surface area contributed by atoms with Crippen molar-refractivity contribution in [1.82, 2.24) is 4.98 Å². The molecule has 0 atom stereocenters. The highest BCUT2D eigenvalue weighted by Crippen LogP contribution is 2.27. The quantitative estimate of drug-likeness (QED) is 0.477. The second kappa shape index (κ2) is 11.0. The van der Waals surface area contributed by atoms with Crippen molar-refractivity contribution in [3.63, 3.8) is 0 Å². The van der Waals surface area contributed by atoms with Crippen molar-refractivity contribution in [2.24, 2.45) is 0 Å². The minimum Gasteiger partial charge on any atom is -0.494 e. The van der Waals surface area contributed by atoms with Gasteiger partial charge < -0.3 is 20.3 Å². The number of pyridine rings is 1. The number of fused-ring (bicyclic) bond motifs is 1. The summed E-state index contributed by atoms with van der Waals surface area (Å²) in [5.74, 6) is 1.38. The van der Waals surface area contributed by atoms with Gasteiger partial charge in [-0.1, -0.05) is 0 Å². The maximum absolute atomic E-state index is 12.4. The van der Waals surface area contributed by atoms with Gasteiger partial charge in [0.15, 0.2) is 0 Å². The summed E-state index contributed by atoms with van der Waals surface area (Å²) in [5, 5.41) is 6.73. The SMILES string of the molecule is CCOc1ccc(NC(=O)CCC(=O)Nc2ccc3nc(N4CCCCC4)cc(C)c3c2)cc1. The number of ether oxygens (including phenoxy) is 1. The molecule has 4 rings (SSSR count). The lowest BCUT2D eigenvalue weighted by molar-refractivity contribution is -0.121. The Kier molecular flexibility index (Phi) is 7.62. The van der Waals surface area contributed by atoms with E-state index in [0.29, 0.717) is 18.0 Å². The van der Waals surface area contributed by atoms with Crippen molar-refractivity contribution in [3.8, 4) is 5.75 Å². The number of hydrogen-bond acceptors (Lipinski definition) is 5. The third-order valence-electron chi connectivity index (χ3n) is 5.99. The summed E-state index contributed by atoms with van der Waals surface area (Å²) in [6, 6.07) is 15.1. The van der Waals surface area contributed by atoms with Gasteiger partial charge in [0.05, 0.1) is 12.1 Å². The van der Waals surface area contributed by atoms with Crippen LogP contribution < -0.4 is 20.3 Å². The van der Waals surface area contributed by atoms with Crippen molar-refractivity contribution in [3.05, 3.63) is 54.1 Å². The monoisotopic (exact) mass is 460 g/mol. The van der Waals surface area contributed by atoms with E-state index in [1.54, 1.807) is 24.3 Å². The summed E-state index contributed by atoms with van der Waals surface area (Å²) in [7, 11) is 0. The average Bonchev–Trinajstić information content (AvgIpc) is 2.85. The summed E-state index contributed by atoms with van der Waals surface area (Å²) >= 11 is 0. The molecule has 1 saturated heterocycles. The maximum atomic E-state index is 12.4. The molecule has 7 heteroatoms. The molecule has 1 aliphatic rings. The lowest BCUT2D eigenvalue weighted by atomic mass is 10.1. The van der Waals surface area contributed by atoms with E-state index in [1.165, 1.54) is 19.3 Å². The number of aromatic nitrogens is 1. The fourth-order valence-corrected chi connectivity index (χ4v) is 4.21. The van der Waals surface area contributed by atoms with Crippen LogP contribution in [0.1, 0.15) is 44.6 Å². The van der Waals surface area contributed by atoms with E-state index in [4.69, 9.17) is 9.72 Å². The second-order valence-corrected chi connectivity index (χ2v) is 8.63. The number of hydrogen-bond donors (Lipinski definition) is 2. The molecule has 34 heavy (non-hydrogen) atoms. The van der Waals surface area contributed by atoms with E-state index in [9.17, 15) is 9.59 Å². The van der Waals surface area contributed by atoms with Crippen molar-refractivity contribution >= 4 is 39.9 Å². The molecule has 2 N–H and O–H groups in total. The van der Waals surface area contributed by atoms with Crippen LogP contribution in [-0.2, 0) is 9.59 Å². The summed E-state index contributed by atoms with van der Waals surface area (Å²) in [5.41, 5.74) is 3.44. The fourth-order valence-electron chi connectivity index (χ4n) is 4.21. The molecule has 3 aromatic rings. The first-order valence-electron chi connectivity index (χ1n) is 12.0. The Labute approximate surface area is 200 Å². The molecular weight excluding hydrogens is 428 g/mol. The molecule has 178 valence electrons. The van der Waals surface area contributed by atoms with Crippen molar-refractivity contribution in [2.75, 3.05) is 35.2 Å². The summed E-state index contributed by atoms with van der Waals surface area (Å²) in [4.78, 5) is 31.9. The normalized spacial score (nSPS) is 13.5. The number of aryl methyl sites for hydroxylation is 1. The number of carbonyl (C=O) groups excluding carboxylic acids is 2. The Morgan fingerprint density at radius 1 is 0.912 bits per heavy atom. The van der Waals surface area contributed by atoms with E-state index in [1.807, 2.05) is 25.1 Å². The molecule has 0 saturated carbocycles. The van der Waals surface area contributed by atoms with Gasteiger partial charge in [0.2, 0.25) is 11.8 Å². The lowest BCUT2D eigenvalue weighted by Gasteiger charge is -2.28. The van der Waals surface area contributed by atoms with Gasteiger partial charge >= 0.3 is 0 Å². The van der Waals surface area contributed by atoms with E-state index >= 15 is 0 Å². The topological polar surface area (TPSA) is 83.6 Å². The number of amides is 2. The lowest BCUT2D eigenvalue weighted by Crippen LogP contribution is -2.30. The third-order valence-corrected chi connectivity index (χ3v) is 5.99. The standard InChI is InChI=1S/C27H32N4O3/c1-3-34-22-10-7-20(8-11-22)28-26(32)13-14-27(33)29-21-9-12-24-23(18-21)19(2)17-25(30-24)31-15-5-4-6-16-31/h7-12,17-18H,3-6,13-16H2,1-2H3,(H,28,32)(H,29,33). The first-order valence-corrected chi connectivity index (χ1v) is 12.0. The molecule has 0 radical (unpaired) electrons. The molecule has 0 bridgehead atoms. The number of anilines is 3. The predicted octanol–water partition coefficient (Wildman–Crippen LogP) is 5.29. The minimum atomic E-state index is -0.205. The van der Waals surface area contributed by atoms with Crippen LogP contribution in [0.4, 0.5) is 17.2 Å². The predicted molar refractivity (Wildman–Crippen MR) is 137 cm³/mol. The first-order chi connectivity index (χ1) is 16.5. The van der Waals surface area contributed by atoms with Crippen molar-refractivity contribution in [2.45, 2.75) is 46.0 Å². The zero-order valence-corrected chi connectivity index (χ0v) is 19.9. The maximum Gasteiger partial charge on any atom is 0.224 e. The largest absolute Gasteiger partial charge is 0.494 e. The molecule has 2 aromatic carbocycles. The van der Waals surface area contributed by atoms with Crippen LogP contribution in [-0.4, -0.2) is 36.5 Å². The molecule has 2 amide bonds. The van der Waals surface area contributed by atoms with E-state index in [-0.39, 0.29) is 24.7 Å². The van der Waals surface area contributed by atoms with Gasteiger partial charge in [0.1, 0.15) is 11.6 Å². The second-order valence-electron chi connectivity index (χ2n) is 8.63. The van der Waals surface area contributed by atoms with Crippen LogP contribution in [0.3, 0.4) is 0 Å². The Morgan fingerprint density at radius 2 is 1.56 bits per heavy atom. The molecular formula is C27H32N4O3. The number of nitrogens with zero attached hydrogens (tertiary/aromatic N) is 2. The molecule has 0 unspecified atom stereocenters. The number of nitrogens with one attached hydrogen (secondary N) is 2. The Morgan fingerprint density at radius 3 is 2.24 bits per heavy atom. The van der Waals surface area contributed by atoms with E-state index < -0.39 is 0 Å². The molecule has 7 nitrogen and oxygen atoms in total. The molecule has 0 spiro atoms. The van der Waals surface area contributed by atoms with Gasteiger partial charge in [0.25, 0.3) is 0 Å². The molecule has 1 aromatic heterocycles.